The maximum Gasteiger partial charge on any atom is 0.251 e. The fourth-order valence-corrected chi connectivity index (χ4v) is 3.73. The summed E-state index contributed by atoms with van der Waals surface area (Å²) in [4.78, 5) is 20.2. The van der Waals surface area contributed by atoms with Crippen molar-refractivity contribution in [2.45, 2.75) is 0 Å². The fraction of sp³-hybridized carbons (Fsp3) is 0. The van der Waals surface area contributed by atoms with E-state index in [1.165, 1.54) is 0 Å². The van der Waals surface area contributed by atoms with Gasteiger partial charge >= 0.3 is 0 Å². The van der Waals surface area contributed by atoms with Crippen LogP contribution in [0.5, 0.6) is 0 Å². The summed E-state index contributed by atoms with van der Waals surface area (Å²) in [5.74, 6) is -0.446. The zero-order valence-electron chi connectivity index (χ0n) is 13.9. The number of para-hydroxylation sites is 2. The molecule has 5 aromatic rings. The van der Waals surface area contributed by atoms with Gasteiger partial charge in [0.05, 0.1) is 16.6 Å². The Morgan fingerprint density at radius 1 is 0.808 bits per heavy atom. The normalized spacial score (nSPS) is 11.4. The topological polar surface area (TPSA) is 71.8 Å². The molecule has 4 nitrogen and oxygen atoms in total. The lowest BCUT2D eigenvalue weighted by Gasteiger charge is -2.11. The number of aromatic amines is 1. The van der Waals surface area contributed by atoms with Gasteiger partial charge < -0.3 is 10.7 Å². The summed E-state index contributed by atoms with van der Waals surface area (Å²) < 4.78 is 0. The summed E-state index contributed by atoms with van der Waals surface area (Å²) in [6.07, 6.45) is 1.76. The van der Waals surface area contributed by atoms with E-state index in [0.717, 1.165) is 43.8 Å². The number of rotatable bonds is 2. The number of hydrogen-bond donors (Lipinski definition) is 2. The molecule has 1 amide bonds. The molecule has 0 unspecified atom stereocenters. The molecule has 0 saturated heterocycles. The third kappa shape index (κ3) is 2.02. The SMILES string of the molecule is NC(=O)c1c(-c2ccnc3ccccc23)ccc2c1[nH]c1ccccc12. The van der Waals surface area contributed by atoms with Gasteiger partial charge in [0.2, 0.25) is 0 Å². The lowest BCUT2D eigenvalue weighted by atomic mass is 9.94. The van der Waals surface area contributed by atoms with Gasteiger partial charge in [-0.15, -0.1) is 0 Å². The Bertz CT molecular complexity index is 1310. The zero-order chi connectivity index (χ0) is 17.7. The second-order valence-electron chi connectivity index (χ2n) is 6.32. The van der Waals surface area contributed by atoms with Crippen LogP contribution in [-0.2, 0) is 0 Å². The van der Waals surface area contributed by atoms with Gasteiger partial charge in [-0.25, -0.2) is 0 Å². The Hall–Kier alpha value is -3.66. The second-order valence-corrected chi connectivity index (χ2v) is 6.32. The number of fused-ring (bicyclic) bond motifs is 4. The standard InChI is InChI=1S/C22H15N3O/c23-22(26)20-16(13-11-12-24-18-7-3-1-5-14(13)18)9-10-17-15-6-2-4-8-19(15)25-21(17)20/h1-12,25H,(H2,23,26). The van der Waals surface area contributed by atoms with Gasteiger partial charge in [-0.1, -0.05) is 48.5 Å². The van der Waals surface area contributed by atoms with Crippen LogP contribution in [-0.4, -0.2) is 15.9 Å². The van der Waals surface area contributed by atoms with Crippen molar-refractivity contribution in [2.24, 2.45) is 5.73 Å². The molecule has 124 valence electrons. The molecule has 0 radical (unpaired) electrons. The molecule has 0 spiro atoms. The lowest BCUT2D eigenvalue weighted by molar-refractivity contribution is 0.100. The highest BCUT2D eigenvalue weighted by atomic mass is 16.1. The summed E-state index contributed by atoms with van der Waals surface area (Å²) in [5, 5.41) is 3.07. The molecule has 0 aliphatic heterocycles. The molecule has 3 aromatic carbocycles. The van der Waals surface area contributed by atoms with Crippen LogP contribution < -0.4 is 5.73 Å². The van der Waals surface area contributed by atoms with E-state index in [4.69, 9.17) is 5.73 Å². The van der Waals surface area contributed by atoms with Crippen LogP contribution in [0.3, 0.4) is 0 Å². The van der Waals surface area contributed by atoms with Gasteiger partial charge in [-0.05, 0) is 29.3 Å². The smallest absolute Gasteiger partial charge is 0.251 e. The van der Waals surface area contributed by atoms with Gasteiger partial charge in [0.15, 0.2) is 0 Å². The summed E-state index contributed by atoms with van der Waals surface area (Å²) in [5.41, 5.74) is 10.7. The van der Waals surface area contributed by atoms with Crippen LogP contribution in [0.15, 0.2) is 72.9 Å². The molecule has 0 fully saturated rings. The molecule has 2 aromatic heterocycles. The van der Waals surface area contributed by atoms with Crippen LogP contribution in [0, 0.1) is 0 Å². The van der Waals surface area contributed by atoms with E-state index in [9.17, 15) is 4.79 Å². The zero-order valence-corrected chi connectivity index (χ0v) is 13.9. The first-order chi connectivity index (χ1) is 12.7. The van der Waals surface area contributed by atoms with Gasteiger partial charge in [0.1, 0.15) is 0 Å². The van der Waals surface area contributed by atoms with Gasteiger partial charge in [0, 0.05) is 27.9 Å². The molecule has 0 aliphatic rings. The number of amides is 1. The minimum absolute atomic E-state index is 0.446. The molecule has 0 bridgehead atoms. The number of nitrogens with two attached hydrogens (primary N) is 1. The van der Waals surface area contributed by atoms with Crippen LogP contribution in [0.25, 0.3) is 43.8 Å². The number of carbonyl (C=O) groups excluding carboxylic acids is 1. The van der Waals surface area contributed by atoms with Gasteiger partial charge in [-0.3, -0.25) is 9.78 Å². The number of benzene rings is 3. The molecule has 4 heteroatoms. The van der Waals surface area contributed by atoms with E-state index in [1.54, 1.807) is 6.20 Å². The third-order valence-electron chi connectivity index (χ3n) is 4.87. The van der Waals surface area contributed by atoms with Gasteiger partial charge in [-0.2, -0.15) is 0 Å². The predicted octanol–water partition coefficient (Wildman–Crippen LogP) is 4.64. The van der Waals surface area contributed by atoms with Crippen molar-refractivity contribution < 1.29 is 4.79 Å². The van der Waals surface area contributed by atoms with E-state index in [-0.39, 0.29) is 0 Å². The summed E-state index contributed by atoms with van der Waals surface area (Å²) in [6, 6.07) is 21.9. The van der Waals surface area contributed by atoms with Crippen LogP contribution in [0.1, 0.15) is 10.4 Å². The first-order valence-electron chi connectivity index (χ1n) is 8.41. The molecule has 0 aliphatic carbocycles. The molecule has 0 saturated carbocycles. The molecule has 0 atom stereocenters. The van der Waals surface area contributed by atoms with E-state index in [1.807, 2.05) is 66.7 Å². The van der Waals surface area contributed by atoms with Gasteiger partial charge in [0.25, 0.3) is 5.91 Å². The Morgan fingerprint density at radius 3 is 2.42 bits per heavy atom. The summed E-state index contributed by atoms with van der Waals surface area (Å²) in [6.45, 7) is 0. The fourth-order valence-electron chi connectivity index (χ4n) is 3.73. The Labute approximate surface area is 149 Å². The summed E-state index contributed by atoms with van der Waals surface area (Å²) >= 11 is 0. The van der Waals surface area contributed by atoms with Crippen molar-refractivity contribution in [3.8, 4) is 11.1 Å². The summed E-state index contributed by atoms with van der Waals surface area (Å²) in [7, 11) is 0. The minimum atomic E-state index is -0.446. The van der Waals surface area contributed by atoms with Crippen molar-refractivity contribution in [1.82, 2.24) is 9.97 Å². The quantitative estimate of drug-likeness (QED) is 0.493. The minimum Gasteiger partial charge on any atom is -0.366 e. The highest BCUT2D eigenvalue weighted by molar-refractivity contribution is 6.18. The molecular weight excluding hydrogens is 322 g/mol. The van der Waals surface area contributed by atoms with Crippen molar-refractivity contribution in [2.75, 3.05) is 0 Å². The largest absolute Gasteiger partial charge is 0.366 e. The number of primary amides is 1. The third-order valence-corrected chi connectivity index (χ3v) is 4.87. The number of carbonyl (C=O) groups is 1. The van der Waals surface area contributed by atoms with E-state index >= 15 is 0 Å². The second kappa shape index (κ2) is 5.43. The molecular formula is C22H15N3O. The number of hydrogen-bond acceptors (Lipinski definition) is 2. The van der Waals surface area contributed by atoms with Crippen molar-refractivity contribution in [1.29, 1.82) is 0 Å². The van der Waals surface area contributed by atoms with E-state index in [0.29, 0.717) is 5.56 Å². The van der Waals surface area contributed by atoms with Crippen molar-refractivity contribution in [3.05, 3.63) is 78.5 Å². The molecule has 3 N–H and O–H groups in total. The first-order valence-corrected chi connectivity index (χ1v) is 8.41. The predicted molar refractivity (Wildman–Crippen MR) is 105 cm³/mol. The molecule has 26 heavy (non-hydrogen) atoms. The highest BCUT2D eigenvalue weighted by Crippen LogP contribution is 2.36. The van der Waals surface area contributed by atoms with Crippen molar-refractivity contribution in [3.63, 3.8) is 0 Å². The maximum absolute atomic E-state index is 12.4. The molecule has 2 heterocycles. The Balaban J connectivity index is 1.92. The number of nitrogens with zero attached hydrogens (tertiary/aromatic N) is 1. The number of aromatic nitrogens is 2. The average molecular weight is 337 g/mol. The number of pyridine rings is 1. The van der Waals surface area contributed by atoms with Crippen LogP contribution >= 0.6 is 0 Å². The van der Waals surface area contributed by atoms with Crippen LogP contribution in [0.2, 0.25) is 0 Å². The van der Waals surface area contributed by atoms with Crippen LogP contribution in [0.4, 0.5) is 0 Å². The number of nitrogens with one attached hydrogen (secondary N) is 1. The average Bonchev–Trinajstić information content (AvgIpc) is 3.05. The number of H-pyrrole nitrogens is 1. The van der Waals surface area contributed by atoms with E-state index < -0.39 is 5.91 Å². The monoisotopic (exact) mass is 337 g/mol. The van der Waals surface area contributed by atoms with Crippen molar-refractivity contribution >= 4 is 38.6 Å². The lowest BCUT2D eigenvalue weighted by Crippen LogP contribution is -2.13. The Morgan fingerprint density at radius 2 is 1.58 bits per heavy atom. The highest BCUT2D eigenvalue weighted by Gasteiger charge is 2.18. The maximum atomic E-state index is 12.4. The molecule has 5 rings (SSSR count). The first kappa shape index (κ1) is 14.7. The Kier molecular flexibility index (Phi) is 3.06. The van der Waals surface area contributed by atoms with E-state index in [2.05, 4.69) is 9.97 Å².